The number of carbonyl (C=O) groups excluding carboxylic acids is 1. The van der Waals surface area contributed by atoms with Crippen LogP contribution in [0, 0.1) is 11.3 Å². The van der Waals surface area contributed by atoms with Crippen LogP contribution in [-0.2, 0) is 14.3 Å². The predicted octanol–water partition coefficient (Wildman–Crippen LogP) is 0.842. The lowest BCUT2D eigenvalue weighted by molar-refractivity contribution is -0.178. The summed E-state index contributed by atoms with van der Waals surface area (Å²) in [6.45, 7) is 7.60. The van der Waals surface area contributed by atoms with Gasteiger partial charge < -0.3 is 20.5 Å². The summed E-state index contributed by atoms with van der Waals surface area (Å²) in [4.78, 5) is 25.2. The molecule has 0 aromatic rings. The smallest absolute Gasteiger partial charge is 0.303 e. The molecule has 3 atom stereocenters. The number of rotatable bonds is 5. The summed E-state index contributed by atoms with van der Waals surface area (Å²) in [5.41, 5.74) is 5.09. The number of carboxylic acid groups (broad SMARTS) is 1. The first kappa shape index (κ1) is 16.2. The standard InChI is InChI=1S/C15H26N2O4/c1-4-21-11-8-15(16,14(11,2)3)13(20)17-6-5-10(9-17)7-12(18)19/h10-11H,4-9,16H2,1-3H3,(H,18,19). The fourth-order valence-corrected chi connectivity index (χ4v) is 3.51. The van der Waals surface area contributed by atoms with Crippen molar-refractivity contribution >= 4 is 11.9 Å². The van der Waals surface area contributed by atoms with Crippen LogP contribution in [0.2, 0.25) is 0 Å². The summed E-state index contributed by atoms with van der Waals surface area (Å²) in [5.74, 6) is -0.825. The number of nitrogens with zero attached hydrogens (tertiary/aromatic N) is 1. The third kappa shape index (κ3) is 2.66. The van der Waals surface area contributed by atoms with Gasteiger partial charge in [0.2, 0.25) is 5.91 Å². The second kappa shape index (κ2) is 5.57. The molecular formula is C15H26N2O4. The van der Waals surface area contributed by atoms with E-state index in [-0.39, 0.29) is 24.3 Å². The van der Waals surface area contributed by atoms with Crippen molar-refractivity contribution in [2.24, 2.45) is 17.1 Å². The number of ether oxygens (including phenoxy) is 1. The number of amides is 1. The van der Waals surface area contributed by atoms with Crippen molar-refractivity contribution in [2.75, 3.05) is 19.7 Å². The Morgan fingerprint density at radius 2 is 2.10 bits per heavy atom. The highest BCUT2D eigenvalue weighted by Crippen LogP contribution is 2.50. The molecule has 0 radical (unpaired) electrons. The lowest BCUT2D eigenvalue weighted by atomic mass is 9.54. The highest BCUT2D eigenvalue weighted by Gasteiger charge is 2.64. The fraction of sp³-hybridized carbons (Fsp3) is 0.867. The molecule has 3 unspecified atom stereocenters. The van der Waals surface area contributed by atoms with Gasteiger partial charge in [0.05, 0.1) is 6.10 Å². The molecule has 1 saturated carbocycles. The van der Waals surface area contributed by atoms with Gasteiger partial charge in [-0.2, -0.15) is 0 Å². The van der Waals surface area contributed by atoms with Gasteiger partial charge >= 0.3 is 5.97 Å². The summed E-state index contributed by atoms with van der Waals surface area (Å²) >= 11 is 0. The van der Waals surface area contributed by atoms with Gasteiger partial charge in [0.1, 0.15) is 5.54 Å². The topological polar surface area (TPSA) is 92.9 Å². The molecule has 1 aliphatic carbocycles. The Balaban J connectivity index is 2.00. The van der Waals surface area contributed by atoms with Gasteiger partial charge in [-0.05, 0) is 19.3 Å². The van der Waals surface area contributed by atoms with Gasteiger partial charge in [-0.1, -0.05) is 13.8 Å². The quantitative estimate of drug-likeness (QED) is 0.784. The summed E-state index contributed by atoms with van der Waals surface area (Å²) in [6.07, 6.45) is 1.40. The number of likely N-dealkylation sites (tertiary alicyclic amines) is 1. The molecule has 1 heterocycles. The number of hydrogen-bond acceptors (Lipinski definition) is 4. The normalized spacial score (nSPS) is 34.6. The van der Waals surface area contributed by atoms with Crippen LogP contribution in [0.5, 0.6) is 0 Å². The van der Waals surface area contributed by atoms with Crippen molar-refractivity contribution in [1.82, 2.24) is 4.90 Å². The fourth-order valence-electron chi connectivity index (χ4n) is 3.51. The van der Waals surface area contributed by atoms with Crippen LogP contribution in [0.1, 0.15) is 40.0 Å². The zero-order valence-electron chi connectivity index (χ0n) is 13.1. The van der Waals surface area contributed by atoms with E-state index in [1.807, 2.05) is 20.8 Å². The number of aliphatic carboxylic acids is 1. The molecule has 2 aliphatic rings. The minimum Gasteiger partial charge on any atom is -0.481 e. The predicted molar refractivity (Wildman–Crippen MR) is 77.7 cm³/mol. The third-order valence-electron chi connectivity index (χ3n) is 5.25. The lowest BCUT2D eigenvalue weighted by Crippen LogP contribution is -2.75. The maximum atomic E-state index is 12.7. The first-order valence-corrected chi connectivity index (χ1v) is 7.64. The molecule has 0 bridgehead atoms. The first-order chi connectivity index (χ1) is 9.72. The van der Waals surface area contributed by atoms with Crippen LogP contribution in [0.25, 0.3) is 0 Å². The van der Waals surface area contributed by atoms with Crippen LogP contribution in [0.4, 0.5) is 0 Å². The van der Waals surface area contributed by atoms with Crippen LogP contribution < -0.4 is 5.73 Å². The zero-order valence-corrected chi connectivity index (χ0v) is 13.1. The van der Waals surface area contributed by atoms with Crippen molar-refractivity contribution < 1.29 is 19.4 Å². The largest absolute Gasteiger partial charge is 0.481 e. The number of hydrogen-bond donors (Lipinski definition) is 2. The van der Waals surface area contributed by atoms with Crippen molar-refractivity contribution in [2.45, 2.75) is 51.7 Å². The maximum absolute atomic E-state index is 12.7. The molecule has 1 amide bonds. The molecule has 3 N–H and O–H groups in total. The van der Waals surface area contributed by atoms with Crippen molar-refractivity contribution in [3.05, 3.63) is 0 Å². The van der Waals surface area contributed by atoms with E-state index < -0.39 is 16.9 Å². The zero-order chi connectivity index (χ0) is 15.8. The van der Waals surface area contributed by atoms with E-state index in [1.54, 1.807) is 4.90 Å². The highest BCUT2D eigenvalue weighted by molar-refractivity contribution is 5.89. The molecule has 2 rings (SSSR count). The molecule has 1 saturated heterocycles. The van der Waals surface area contributed by atoms with Crippen LogP contribution in [-0.4, -0.2) is 53.2 Å². The van der Waals surface area contributed by atoms with Crippen LogP contribution in [0.15, 0.2) is 0 Å². The molecule has 6 nitrogen and oxygen atoms in total. The van der Waals surface area contributed by atoms with Crippen LogP contribution in [0.3, 0.4) is 0 Å². The average molecular weight is 298 g/mol. The lowest BCUT2D eigenvalue weighted by Gasteiger charge is -2.58. The highest BCUT2D eigenvalue weighted by atomic mass is 16.5. The number of nitrogens with two attached hydrogens (primary N) is 1. The van der Waals surface area contributed by atoms with Gasteiger partial charge in [0, 0.05) is 38.0 Å². The van der Waals surface area contributed by atoms with E-state index in [0.29, 0.717) is 26.1 Å². The Labute approximate surface area is 125 Å². The maximum Gasteiger partial charge on any atom is 0.303 e. The molecule has 0 spiro atoms. The minimum absolute atomic E-state index is 0.00821. The van der Waals surface area contributed by atoms with Crippen LogP contribution >= 0.6 is 0 Å². The average Bonchev–Trinajstić information content (AvgIpc) is 2.84. The van der Waals surface area contributed by atoms with Crippen molar-refractivity contribution in [3.8, 4) is 0 Å². The Morgan fingerprint density at radius 1 is 1.43 bits per heavy atom. The molecule has 0 aromatic carbocycles. The Bertz CT molecular complexity index is 437. The van der Waals surface area contributed by atoms with Gasteiger partial charge in [0.15, 0.2) is 0 Å². The summed E-state index contributed by atoms with van der Waals surface area (Å²) < 4.78 is 5.65. The number of carbonyl (C=O) groups is 2. The van der Waals surface area contributed by atoms with Crippen molar-refractivity contribution in [1.29, 1.82) is 0 Å². The summed E-state index contributed by atoms with van der Waals surface area (Å²) in [7, 11) is 0. The molecule has 120 valence electrons. The Hall–Kier alpha value is -1.14. The summed E-state index contributed by atoms with van der Waals surface area (Å²) in [5, 5.41) is 8.85. The van der Waals surface area contributed by atoms with E-state index in [0.717, 1.165) is 6.42 Å². The first-order valence-electron chi connectivity index (χ1n) is 7.64. The molecule has 0 aromatic heterocycles. The van der Waals surface area contributed by atoms with Crippen molar-refractivity contribution in [3.63, 3.8) is 0 Å². The van der Waals surface area contributed by atoms with E-state index >= 15 is 0 Å². The molecule has 1 aliphatic heterocycles. The molecule has 2 fully saturated rings. The third-order valence-corrected chi connectivity index (χ3v) is 5.25. The van der Waals surface area contributed by atoms with Gasteiger partial charge in [-0.3, -0.25) is 9.59 Å². The SMILES string of the molecule is CCOC1CC(N)(C(=O)N2CCC(CC(=O)O)C2)C1(C)C. The second-order valence-corrected chi connectivity index (χ2v) is 6.84. The van der Waals surface area contributed by atoms with E-state index in [1.165, 1.54) is 0 Å². The molecule has 21 heavy (non-hydrogen) atoms. The van der Waals surface area contributed by atoms with Gasteiger partial charge in [-0.15, -0.1) is 0 Å². The van der Waals surface area contributed by atoms with Gasteiger partial charge in [-0.25, -0.2) is 0 Å². The minimum atomic E-state index is -0.898. The molecular weight excluding hydrogens is 272 g/mol. The van der Waals surface area contributed by atoms with Gasteiger partial charge in [0.25, 0.3) is 0 Å². The second-order valence-electron chi connectivity index (χ2n) is 6.84. The van der Waals surface area contributed by atoms with E-state index in [2.05, 4.69) is 0 Å². The Kier molecular flexibility index (Phi) is 4.31. The monoisotopic (exact) mass is 298 g/mol. The number of carboxylic acids is 1. The molecule has 6 heteroatoms. The van der Waals surface area contributed by atoms with E-state index in [9.17, 15) is 9.59 Å². The Morgan fingerprint density at radius 3 is 2.62 bits per heavy atom. The summed E-state index contributed by atoms with van der Waals surface area (Å²) in [6, 6.07) is 0. The van der Waals surface area contributed by atoms with E-state index in [4.69, 9.17) is 15.6 Å².